The fraction of sp³-hybridized carbons (Fsp3) is 0.375. The molecule has 0 saturated carbocycles. The van der Waals surface area contributed by atoms with Crippen LogP contribution in [0.4, 0.5) is 0 Å². The molecule has 2 heteroatoms. The van der Waals surface area contributed by atoms with Gasteiger partial charge in [-0.05, 0) is 12.3 Å². The molecule has 1 heterocycles. The van der Waals surface area contributed by atoms with Gasteiger partial charge in [-0.15, -0.1) is 0 Å². The van der Waals surface area contributed by atoms with Crippen LogP contribution in [0.5, 0.6) is 0 Å². The van der Waals surface area contributed by atoms with Crippen LogP contribution >= 0.6 is 0 Å². The molecule has 10 heavy (non-hydrogen) atoms. The van der Waals surface area contributed by atoms with Gasteiger partial charge in [0.15, 0.2) is 0 Å². The van der Waals surface area contributed by atoms with Crippen molar-refractivity contribution in [2.75, 3.05) is 0 Å². The third-order valence-electron chi connectivity index (χ3n) is 1.86. The molecule has 54 valence electrons. The quantitative estimate of drug-likeness (QED) is 0.544. The van der Waals surface area contributed by atoms with Gasteiger partial charge in [0.1, 0.15) is 0 Å². The molecule has 1 aromatic heterocycles. The second-order valence-corrected chi connectivity index (χ2v) is 2.82. The Bertz CT molecular complexity index is 339. The topological polar surface area (TPSA) is 28.7 Å². The normalized spacial score (nSPS) is 22.7. The fourth-order valence-corrected chi connectivity index (χ4v) is 1.27. The minimum atomic E-state index is 0. The van der Waals surface area contributed by atoms with Gasteiger partial charge in [0.05, 0.1) is 11.5 Å². The van der Waals surface area contributed by atoms with Gasteiger partial charge < -0.3 is 0 Å². The molecule has 1 unspecified atom stereocenters. The van der Waals surface area contributed by atoms with Crippen molar-refractivity contribution in [3.8, 4) is 0 Å². The lowest BCUT2D eigenvalue weighted by Gasteiger charge is -2.02. The molecular weight excluding hydrogens is 124 g/mol. The summed E-state index contributed by atoms with van der Waals surface area (Å²) in [4.78, 5) is 0. The van der Waals surface area contributed by atoms with Crippen molar-refractivity contribution in [2.24, 2.45) is 5.92 Å². The molecule has 0 bridgehead atoms. The first-order chi connectivity index (χ1) is 4.86. The minimum Gasteiger partial charge on any atom is -0.278 e. The van der Waals surface area contributed by atoms with Crippen molar-refractivity contribution >= 4 is 12.2 Å². The Morgan fingerprint density at radius 3 is 3.60 bits per heavy atom. The van der Waals surface area contributed by atoms with Crippen molar-refractivity contribution < 1.29 is 1.43 Å². The summed E-state index contributed by atoms with van der Waals surface area (Å²) in [6.07, 6.45) is 7.47. The van der Waals surface area contributed by atoms with Crippen molar-refractivity contribution in [2.45, 2.75) is 13.3 Å². The molecule has 1 aromatic rings. The largest absolute Gasteiger partial charge is 0.278 e. The highest BCUT2D eigenvalue weighted by Crippen LogP contribution is 2.04. The van der Waals surface area contributed by atoms with Crippen LogP contribution in [0, 0.1) is 5.92 Å². The highest BCUT2D eigenvalue weighted by atomic mass is 15.1. The lowest BCUT2D eigenvalue weighted by atomic mass is 10.0. The Balaban J connectivity index is 0.000000605. The molecule has 1 atom stereocenters. The predicted molar refractivity (Wildman–Crippen MR) is 42.7 cm³/mol. The molecule has 0 spiro atoms. The van der Waals surface area contributed by atoms with Crippen molar-refractivity contribution in [1.82, 2.24) is 10.2 Å². The smallest absolute Gasteiger partial charge is 0.0610 e. The van der Waals surface area contributed by atoms with E-state index in [9.17, 15) is 0 Å². The standard InChI is InChI=1S/C8H10N2.H2/c1-6-2-3-7-5-9-10-8(7)4-6;/h3-6,10H,2H2,1H3;1H. The molecule has 0 saturated heterocycles. The molecule has 0 radical (unpaired) electrons. The van der Waals surface area contributed by atoms with Crippen LogP contribution in [-0.4, -0.2) is 10.2 Å². The molecule has 0 aliphatic heterocycles. The zero-order chi connectivity index (χ0) is 6.97. The van der Waals surface area contributed by atoms with E-state index >= 15 is 0 Å². The summed E-state index contributed by atoms with van der Waals surface area (Å²) in [6.45, 7) is 2.21. The maximum Gasteiger partial charge on any atom is 0.0610 e. The molecule has 1 aliphatic carbocycles. The Morgan fingerprint density at radius 2 is 2.70 bits per heavy atom. The number of nitrogens with zero attached hydrogens (tertiary/aromatic N) is 1. The van der Waals surface area contributed by atoms with Crippen LogP contribution in [0.2, 0.25) is 0 Å². The number of rotatable bonds is 0. The number of hydrogen-bond donors (Lipinski definition) is 1. The van der Waals surface area contributed by atoms with Gasteiger partial charge in [0.25, 0.3) is 0 Å². The van der Waals surface area contributed by atoms with Crippen LogP contribution < -0.4 is 10.6 Å². The molecule has 2 rings (SSSR count). The molecule has 0 amide bonds. The van der Waals surface area contributed by atoms with Crippen LogP contribution in [0.15, 0.2) is 6.20 Å². The summed E-state index contributed by atoms with van der Waals surface area (Å²) in [5, 5.41) is 9.33. The minimum absolute atomic E-state index is 0. The van der Waals surface area contributed by atoms with Crippen molar-refractivity contribution in [3.63, 3.8) is 0 Å². The summed E-state index contributed by atoms with van der Waals surface area (Å²) < 4.78 is 0. The van der Waals surface area contributed by atoms with Crippen LogP contribution in [-0.2, 0) is 0 Å². The Morgan fingerprint density at radius 1 is 1.80 bits per heavy atom. The number of fused-ring (bicyclic) bond motifs is 1. The van der Waals surface area contributed by atoms with E-state index in [0.29, 0.717) is 5.92 Å². The maximum absolute atomic E-state index is 3.95. The second-order valence-electron chi connectivity index (χ2n) is 2.82. The van der Waals surface area contributed by atoms with Crippen LogP contribution in [0.3, 0.4) is 0 Å². The van der Waals surface area contributed by atoms with Gasteiger partial charge in [-0.1, -0.05) is 19.1 Å². The molecule has 1 N–H and O–H groups in total. The number of aromatic amines is 1. The van der Waals surface area contributed by atoms with E-state index in [-0.39, 0.29) is 1.43 Å². The zero-order valence-electron chi connectivity index (χ0n) is 5.96. The number of hydrogen-bond acceptors (Lipinski definition) is 1. The van der Waals surface area contributed by atoms with Gasteiger partial charge in [-0.25, -0.2) is 0 Å². The Hall–Kier alpha value is -1.05. The molecule has 0 aromatic carbocycles. The summed E-state index contributed by atoms with van der Waals surface area (Å²) in [7, 11) is 0. The van der Waals surface area contributed by atoms with E-state index in [1.807, 2.05) is 6.20 Å². The SMILES string of the molecule is CC1C=c2[nH]ncc2=CC1.[HH]. The predicted octanol–water partition coefficient (Wildman–Crippen LogP) is 0.257. The van der Waals surface area contributed by atoms with Crippen LogP contribution in [0.1, 0.15) is 14.8 Å². The Labute approximate surface area is 60.8 Å². The molecule has 0 fully saturated rings. The highest BCUT2D eigenvalue weighted by molar-refractivity contribution is 5.36. The lowest BCUT2D eigenvalue weighted by molar-refractivity contribution is 0.796. The number of H-pyrrole nitrogens is 1. The van der Waals surface area contributed by atoms with E-state index in [4.69, 9.17) is 0 Å². The third-order valence-corrected chi connectivity index (χ3v) is 1.86. The van der Waals surface area contributed by atoms with E-state index in [1.165, 1.54) is 10.6 Å². The summed E-state index contributed by atoms with van der Waals surface area (Å²) >= 11 is 0. The Kier molecular flexibility index (Phi) is 1.13. The molecular formula is C8H12N2. The average Bonchev–Trinajstić information content (AvgIpc) is 2.33. The monoisotopic (exact) mass is 136 g/mol. The zero-order valence-corrected chi connectivity index (χ0v) is 5.96. The van der Waals surface area contributed by atoms with E-state index in [0.717, 1.165) is 6.42 Å². The highest BCUT2D eigenvalue weighted by Gasteiger charge is 2.00. The van der Waals surface area contributed by atoms with Gasteiger partial charge in [-0.2, -0.15) is 5.10 Å². The fourth-order valence-electron chi connectivity index (χ4n) is 1.27. The average molecular weight is 136 g/mol. The second kappa shape index (κ2) is 1.97. The first-order valence-electron chi connectivity index (χ1n) is 3.58. The first kappa shape index (κ1) is 5.71. The molecule has 1 aliphatic rings. The number of nitrogens with one attached hydrogen (secondary N) is 1. The van der Waals surface area contributed by atoms with E-state index in [2.05, 4.69) is 29.3 Å². The van der Waals surface area contributed by atoms with E-state index < -0.39 is 0 Å². The van der Waals surface area contributed by atoms with Gasteiger partial charge in [0, 0.05) is 6.65 Å². The maximum atomic E-state index is 3.95. The van der Waals surface area contributed by atoms with Crippen molar-refractivity contribution in [1.29, 1.82) is 0 Å². The van der Waals surface area contributed by atoms with Gasteiger partial charge >= 0.3 is 0 Å². The third kappa shape index (κ3) is 0.764. The summed E-state index contributed by atoms with van der Waals surface area (Å²) in [5.41, 5.74) is 0. The van der Waals surface area contributed by atoms with Gasteiger partial charge in [0.2, 0.25) is 0 Å². The first-order valence-corrected chi connectivity index (χ1v) is 3.58. The van der Waals surface area contributed by atoms with Crippen LogP contribution in [0.25, 0.3) is 12.2 Å². The number of aromatic nitrogens is 2. The lowest BCUT2D eigenvalue weighted by Crippen LogP contribution is -2.26. The van der Waals surface area contributed by atoms with Gasteiger partial charge in [-0.3, -0.25) is 5.10 Å². The van der Waals surface area contributed by atoms with E-state index in [1.54, 1.807) is 0 Å². The molecule has 2 nitrogen and oxygen atoms in total. The van der Waals surface area contributed by atoms with Crippen molar-refractivity contribution in [3.05, 3.63) is 16.8 Å². The summed E-state index contributed by atoms with van der Waals surface area (Å²) in [6, 6.07) is 0. The summed E-state index contributed by atoms with van der Waals surface area (Å²) in [5.74, 6) is 0.660.